The number of hydrogen-bond acceptors (Lipinski definition) is 4. The molecule has 3 aromatic rings. The Morgan fingerprint density at radius 3 is 2.52 bits per heavy atom. The number of nitrogens with zero attached hydrogens (tertiary/aromatic N) is 1. The molecule has 0 radical (unpaired) electrons. The van der Waals surface area contributed by atoms with E-state index in [9.17, 15) is 9.90 Å². The van der Waals surface area contributed by atoms with Gasteiger partial charge in [-0.3, -0.25) is 4.79 Å². The van der Waals surface area contributed by atoms with Gasteiger partial charge < -0.3 is 18.8 Å². The van der Waals surface area contributed by atoms with Crippen molar-refractivity contribution in [3.63, 3.8) is 0 Å². The molecule has 0 aliphatic rings. The minimum atomic E-state index is -0.904. The molecule has 5 heteroatoms. The van der Waals surface area contributed by atoms with Crippen molar-refractivity contribution in [1.29, 1.82) is 0 Å². The van der Waals surface area contributed by atoms with Crippen LogP contribution in [0, 0.1) is 13.8 Å². The fourth-order valence-electron chi connectivity index (χ4n) is 2.80. The summed E-state index contributed by atoms with van der Waals surface area (Å²) in [5.74, 6) is 1.17. The third-order valence-corrected chi connectivity index (χ3v) is 4.00. The molecule has 1 aromatic carbocycles. The molecule has 1 amide bonds. The van der Waals surface area contributed by atoms with E-state index < -0.39 is 6.10 Å². The smallest absolute Gasteiger partial charge is 0.290 e. The van der Waals surface area contributed by atoms with Gasteiger partial charge in [-0.2, -0.15) is 0 Å². The van der Waals surface area contributed by atoms with E-state index in [0.29, 0.717) is 23.8 Å². The predicted molar refractivity (Wildman–Crippen MR) is 93.0 cm³/mol. The fourth-order valence-corrected chi connectivity index (χ4v) is 2.80. The third kappa shape index (κ3) is 4.00. The maximum Gasteiger partial charge on any atom is 0.290 e. The van der Waals surface area contributed by atoms with Crippen molar-refractivity contribution < 1.29 is 18.7 Å². The van der Waals surface area contributed by atoms with Crippen LogP contribution in [0.15, 0.2) is 63.6 Å². The van der Waals surface area contributed by atoms with Gasteiger partial charge in [-0.15, -0.1) is 0 Å². The predicted octanol–water partition coefficient (Wildman–Crippen LogP) is 3.87. The van der Waals surface area contributed by atoms with Crippen LogP contribution in [0.1, 0.15) is 39.3 Å². The van der Waals surface area contributed by atoms with Crippen LogP contribution in [0.4, 0.5) is 0 Å². The number of carbonyl (C=O) groups excluding carboxylic acids is 1. The maximum absolute atomic E-state index is 13.0. The molecule has 1 unspecified atom stereocenters. The molecule has 3 rings (SSSR count). The van der Waals surface area contributed by atoms with Crippen LogP contribution < -0.4 is 0 Å². The van der Waals surface area contributed by atoms with E-state index in [0.717, 1.165) is 11.1 Å². The molecule has 0 fully saturated rings. The maximum atomic E-state index is 13.0. The number of carbonyl (C=O) groups is 1. The molecule has 130 valence electrons. The van der Waals surface area contributed by atoms with Crippen molar-refractivity contribution in [2.75, 3.05) is 6.54 Å². The Labute approximate surface area is 146 Å². The van der Waals surface area contributed by atoms with Crippen molar-refractivity contribution in [3.8, 4) is 0 Å². The van der Waals surface area contributed by atoms with Crippen molar-refractivity contribution in [3.05, 3.63) is 83.2 Å². The summed E-state index contributed by atoms with van der Waals surface area (Å²) in [5, 5.41) is 10.4. The van der Waals surface area contributed by atoms with Crippen LogP contribution in [0.3, 0.4) is 0 Å². The van der Waals surface area contributed by atoms with Gasteiger partial charge in [0.15, 0.2) is 5.76 Å². The Morgan fingerprint density at radius 2 is 1.92 bits per heavy atom. The molecule has 2 aromatic heterocycles. The van der Waals surface area contributed by atoms with E-state index in [1.54, 1.807) is 17.0 Å². The highest BCUT2D eigenvalue weighted by atomic mass is 16.4. The van der Waals surface area contributed by atoms with Gasteiger partial charge in [0.25, 0.3) is 5.91 Å². The normalized spacial score (nSPS) is 12.1. The number of aryl methyl sites for hydroxylation is 2. The first-order chi connectivity index (χ1) is 12.0. The molecular weight excluding hydrogens is 318 g/mol. The molecule has 1 N–H and O–H groups in total. The first-order valence-electron chi connectivity index (χ1n) is 8.16. The zero-order valence-corrected chi connectivity index (χ0v) is 14.3. The fraction of sp³-hybridized carbons (Fsp3) is 0.250. The Hall–Kier alpha value is -2.79. The Kier molecular flexibility index (Phi) is 5.05. The lowest BCUT2D eigenvalue weighted by Crippen LogP contribution is -2.34. The van der Waals surface area contributed by atoms with Crippen molar-refractivity contribution in [2.24, 2.45) is 0 Å². The highest BCUT2D eigenvalue weighted by Crippen LogP contribution is 2.21. The Bertz CT molecular complexity index is 821. The minimum Gasteiger partial charge on any atom is -0.467 e. The average Bonchev–Trinajstić information content (AvgIpc) is 3.24. The number of benzene rings is 1. The molecule has 0 saturated heterocycles. The van der Waals surface area contributed by atoms with Crippen LogP contribution in [-0.2, 0) is 6.54 Å². The van der Waals surface area contributed by atoms with Crippen molar-refractivity contribution in [1.82, 2.24) is 4.90 Å². The number of aliphatic hydroxyl groups excluding tert-OH is 1. The second-order valence-corrected chi connectivity index (χ2v) is 6.07. The van der Waals surface area contributed by atoms with Gasteiger partial charge in [-0.25, -0.2) is 0 Å². The van der Waals surface area contributed by atoms with E-state index >= 15 is 0 Å². The van der Waals surface area contributed by atoms with Gasteiger partial charge in [0.2, 0.25) is 0 Å². The summed E-state index contributed by atoms with van der Waals surface area (Å²) in [6, 6.07) is 14.9. The Morgan fingerprint density at radius 1 is 1.16 bits per heavy atom. The second kappa shape index (κ2) is 7.40. The lowest BCUT2D eigenvalue weighted by molar-refractivity contribution is 0.0533. The van der Waals surface area contributed by atoms with Gasteiger partial charge in [-0.1, -0.05) is 30.3 Å². The number of hydrogen-bond donors (Lipinski definition) is 1. The SMILES string of the molecule is Cc1cc(C)c(C(=O)N(Cc2ccccc2)CC(O)c2ccco2)o1. The molecule has 1 atom stereocenters. The molecular formula is C20H21NO4. The van der Waals surface area contributed by atoms with Crippen LogP contribution in [-0.4, -0.2) is 22.5 Å². The van der Waals surface area contributed by atoms with Crippen molar-refractivity contribution in [2.45, 2.75) is 26.5 Å². The molecule has 0 aliphatic heterocycles. The topological polar surface area (TPSA) is 66.8 Å². The summed E-state index contributed by atoms with van der Waals surface area (Å²) in [6.45, 7) is 4.13. The lowest BCUT2D eigenvalue weighted by atomic mass is 10.1. The quantitative estimate of drug-likeness (QED) is 0.740. The molecule has 0 bridgehead atoms. The zero-order chi connectivity index (χ0) is 17.8. The highest BCUT2D eigenvalue weighted by Gasteiger charge is 2.25. The Balaban J connectivity index is 1.85. The summed E-state index contributed by atoms with van der Waals surface area (Å²) in [7, 11) is 0. The molecule has 0 saturated carbocycles. The second-order valence-electron chi connectivity index (χ2n) is 6.07. The van der Waals surface area contributed by atoms with Crippen LogP contribution in [0.2, 0.25) is 0 Å². The van der Waals surface area contributed by atoms with E-state index in [-0.39, 0.29) is 12.5 Å². The summed E-state index contributed by atoms with van der Waals surface area (Å²) in [6.07, 6.45) is 0.598. The lowest BCUT2D eigenvalue weighted by Gasteiger charge is -2.24. The summed E-state index contributed by atoms with van der Waals surface area (Å²) in [4.78, 5) is 14.6. The van der Waals surface area contributed by atoms with Gasteiger partial charge in [0.1, 0.15) is 17.6 Å². The third-order valence-electron chi connectivity index (χ3n) is 4.00. The number of amides is 1. The number of furan rings is 2. The molecule has 0 aliphatic carbocycles. The largest absolute Gasteiger partial charge is 0.467 e. The van der Waals surface area contributed by atoms with E-state index in [2.05, 4.69) is 0 Å². The van der Waals surface area contributed by atoms with Gasteiger partial charge in [0, 0.05) is 12.1 Å². The van der Waals surface area contributed by atoms with Gasteiger partial charge in [-0.05, 0) is 37.6 Å². The molecule has 2 heterocycles. The first kappa shape index (κ1) is 17.0. The number of rotatable bonds is 6. The van der Waals surface area contributed by atoms with Crippen LogP contribution in [0.5, 0.6) is 0 Å². The van der Waals surface area contributed by atoms with Crippen LogP contribution in [0.25, 0.3) is 0 Å². The highest BCUT2D eigenvalue weighted by molar-refractivity contribution is 5.93. The van der Waals surface area contributed by atoms with E-state index in [1.807, 2.05) is 50.2 Å². The molecule has 0 spiro atoms. The monoisotopic (exact) mass is 339 g/mol. The summed E-state index contributed by atoms with van der Waals surface area (Å²) in [5.41, 5.74) is 1.76. The summed E-state index contributed by atoms with van der Waals surface area (Å²) < 4.78 is 10.8. The minimum absolute atomic E-state index is 0.112. The van der Waals surface area contributed by atoms with Gasteiger partial charge in [0.05, 0.1) is 12.8 Å². The van der Waals surface area contributed by atoms with Gasteiger partial charge >= 0.3 is 0 Å². The zero-order valence-electron chi connectivity index (χ0n) is 14.3. The van der Waals surface area contributed by atoms with E-state index in [4.69, 9.17) is 8.83 Å². The van der Waals surface area contributed by atoms with Crippen molar-refractivity contribution >= 4 is 5.91 Å². The molecule has 5 nitrogen and oxygen atoms in total. The first-order valence-corrected chi connectivity index (χ1v) is 8.16. The summed E-state index contributed by atoms with van der Waals surface area (Å²) >= 11 is 0. The number of aliphatic hydroxyl groups is 1. The molecule has 25 heavy (non-hydrogen) atoms. The van der Waals surface area contributed by atoms with Crippen LogP contribution >= 0.6 is 0 Å². The standard InChI is InChI=1S/C20H21NO4/c1-14-11-15(2)25-19(14)20(23)21(12-16-7-4-3-5-8-16)13-17(22)18-9-6-10-24-18/h3-11,17,22H,12-13H2,1-2H3. The van der Waals surface area contributed by atoms with E-state index in [1.165, 1.54) is 6.26 Å². The average molecular weight is 339 g/mol.